The first-order valence-electron chi connectivity index (χ1n) is 8.95. The average molecular weight is 427 g/mol. The van der Waals surface area contributed by atoms with E-state index >= 15 is 0 Å². The van der Waals surface area contributed by atoms with Crippen LogP contribution in [0.15, 0.2) is 59.5 Å². The fraction of sp³-hybridized carbons (Fsp3) is 0.143. The Balaban J connectivity index is 2.02. The quantitative estimate of drug-likeness (QED) is 0.630. The molecule has 154 valence electrons. The summed E-state index contributed by atoms with van der Waals surface area (Å²) in [5.74, 6) is -0.352. The van der Waals surface area contributed by atoms with Gasteiger partial charge < -0.3 is 15.4 Å². The Hall–Kier alpha value is -3.65. The summed E-state index contributed by atoms with van der Waals surface area (Å²) in [5, 5.41) is 5.63. The molecule has 0 aliphatic rings. The van der Waals surface area contributed by atoms with Gasteiger partial charge in [0.1, 0.15) is 23.7 Å². The van der Waals surface area contributed by atoms with Crippen molar-refractivity contribution in [3.05, 3.63) is 75.7 Å². The van der Waals surface area contributed by atoms with E-state index in [2.05, 4.69) is 15.6 Å². The SMILES string of the molecule is CNC(=O)c1cnc(-c2ccc(Cl)cc2)n(CC(=O)Nc2ccccc2OC)c1=O. The van der Waals surface area contributed by atoms with Crippen molar-refractivity contribution in [2.24, 2.45) is 0 Å². The van der Waals surface area contributed by atoms with Crippen LogP contribution in [0.5, 0.6) is 5.75 Å². The summed E-state index contributed by atoms with van der Waals surface area (Å²) in [6.45, 7) is -0.354. The predicted octanol–water partition coefficient (Wildman–Crippen LogP) is 2.57. The van der Waals surface area contributed by atoms with Crippen LogP contribution >= 0.6 is 11.6 Å². The highest BCUT2D eigenvalue weighted by Crippen LogP contribution is 2.23. The summed E-state index contributed by atoms with van der Waals surface area (Å²) in [4.78, 5) is 42.0. The van der Waals surface area contributed by atoms with Gasteiger partial charge in [-0.2, -0.15) is 0 Å². The average Bonchev–Trinajstić information content (AvgIpc) is 2.75. The molecule has 0 atom stereocenters. The van der Waals surface area contributed by atoms with Crippen LogP contribution in [-0.2, 0) is 11.3 Å². The number of anilines is 1. The minimum Gasteiger partial charge on any atom is -0.495 e. The molecule has 3 aromatic rings. The molecule has 8 nitrogen and oxygen atoms in total. The summed E-state index contributed by atoms with van der Waals surface area (Å²) < 4.78 is 6.38. The van der Waals surface area contributed by atoms with Crippen LogP contribution in [0, 0.1) is 0 Å². The van der Waals surface area contributed by atoms with E-state index in [4.69, 9.17) is 16.3 Å². The molecule has 0 saturated carbocycles. The number of aromatic nitrogens is 2. The number of hydrogen-bond donors (Lipinski definition) is 2. The highest BCUT2D eigenvalue weighted by atomic mass is 35.5. The zero-order chi connectivity index (χ0) is 21.7. The van der Waals surface area contributed by atoms with Gasteiger partial charge in [-0.1, -0.05) is 23.7 Å². The molecule has 9 heteroatoms. The maximum absolute atomic E-state index is 13.0. The third-order valence-electron chi connectivity index (χ3n) is 4.30. The Morgan fingerprint density at radius 2 is 1.83 bits per heavy atom. The van der Waals surface area contributed by atoms with Gasteiger partial charge in [-0.05, 0) is 36.4 Å². The van der Waals surface area contributed by atoms with E-state index < -0.39 is 17.4 Å². The summed E-state index contributed by atoms with van der Waals surface area (Å²) in [5.41, 5.74) is 0.233. The van der Waals surface area contributed by atoms with Gasteiger partial charge in [0, 0.05) is 23.8 Å². The normalized spacial score (nSPS) is 10.4. The molecule has 3 rings (SSSR count). The van der Waals surface area contributed by atoms with Gasteiger partial charge in [0.2, 0.25) is 5.91 Å². The summed E-state index contributed by atoms with van der Waals surface area (Å²) in [7, 11) is 2.90. The number of hydrogen-bond acceptors (Lipinski definition) is 5. The van der Waals surface area contributed by atoms with Crippen LogP contribution in [0.1, 0.15) is 10.4 Å². The van der Waals surface area contributed by atoms with Gasteiger partial charge >= 0.3 is 0 Å². The molecule has 0 fully saturated rings. The lowest BCUT2D eigenvalue weighted by Crippen LogP contribution is -2.35. The first-order valence-corrected chi connectivity index (χ1v) is 9.33. The van der Waals surface area contributed by atoms with Gasteiger partial charge in [0.05, 0.1) is 12.8 Å². The summed E-state index contributed by atoms with van der Waals surface area (Å²) in [6.07, 6.45) is 1.19. The molecule has 1 aromatic heterocycles. The van der Waals surface area contributed by atoms with Crippen molar-refractivity contribution in [3.63, 3.8) is 0 Å². The Labute approximate surface area is 177 Å². The fourth-order valence-electron chi connectivity index (χ4n) is 2.84. The molecule has 0 spiro atoms. The molecule has 0 aliphatic carbocycles. The third kappa shape index (κ3) is 4.49. The zero-order valence-corrected chi connectivity index (χ0v) is 17.1. The lowest BCUT2D eigenvalue weighted by molar-refractivity contribution is -0.116. The topological polar surface area (TPSA) is 102 Å². The zero-order valence-electron chi connectivity index (χ0n) is 16.3. The number of amides is 2. The molecule has 0 saturated heterocycles. The predicted molar refractivity (Wildman–Crippen MR) is 114 cm³/mol. The van der Waals surface area contributed by atoms with Gasteiger partial charge in [0.15, 0.2) is 0 Å². The molecule has 2 N–H and O–H groups in total. The lowest BCUT2D eigenvalue weighted by atomic mass is 10.2. The standard InChI is InChI=1S/C21H19ClN4O4/c1-23-20(28)15-11-24-19(13-7-9-14(22)10-8-13)26(21(15)29)12-18(27)25-16-5-3-4-6-17(16)30-2/h3-11H,12H2,1-2H3,(H,23,28)(H,25,27). The summed E-state index contributed by atoms with van der Waals surface area (Å²) >= 11 is 5.94. The van der Waals surface area contributed by atoms with Gasteiger partial charge in [-0.3, -0.25) is 19.0 Å². The van der Waals surface area contributed by atoms with Crippen molar-refractivity contribution >= 4 is 29.1 Å². The molecule has 0 aliphatic heterocycles. The van der Waals surface area contributed by atoms with Crippen LogP contribution in [0.4, 0.5) is 5.69 Å². The second-order valence-corrected chi connectivity index (χ2v) is 6.66. The molecular formula is C21H19ClN4O4. The largest absolute Gasteiger partial charge is 0.495 e. The number of carbonyl (C=O) groups is 2. The second kappa shape index (κ2) is 9.23. The van der Waals surface area contributed by atoms with Crippen molar-refractivity contribution in [1.82, 2.24) is 14.9 Å². The Morgan fingerprint density at radius 3 is 2.50 bits per heavy atom. The fourth-order valence-corrected chi connectivity index (χ4v) is 2.97. The first-order chi connectivity index (χ1) is 14.4. The van der Waals surface area contributed by atoms with Crippen LogP contribution in [0.25, 0.3) is 11.4 Å². The van der Waals surface area contributed by atoms with Crippen LogP contribution in [0.2, 0.25) is 5.02 Å². The minimum absolute atomic E-state index is 0.166. The number of carbonyl (C=O) groups excluding carboxylic acids is 2. The number of ether oxygens (including phenoxy) is 1. The number of methoxy groups -OCH3 is 1. The van der Waals surface area contributed by atoms with Crippen molar-refractivity contribution in [2.75, 3.05) is 19.5 Å². The Kier molecular flexibility index (Phi) is 6.48. The second-order valence-electron chi connectivity index (χ2n) is 6.22. The smallest absolute Gasteiger partial charge is 0.267 e. The molecule has 0 radical (unpaired) electrons. The van der Waals surface area contributed by atoms with Gasteiger partial charge in [-0.15, -0.1) is 0 Å². The van der Waals surface area contributed by atoms with Crippen LogP contribution < -0.4 is 20.9 Å². The number of nitrogens with one attached hydrogen (secondary N) is 2. The number of benzene rings is 2. The van der Waals surface area contributed by atoms with E-state index in [0.29, 0.717) is 22.0 Å². The maximum Gasteiger partial charge on any atom is 0.267 e. The minimum atomic E-state index is -0.635. The van der Waals surface area contributed by atoms with E-state index in [1.165, 1.54) is 20.4 Å². The maximum atomic E-state index is 13.0. The highest BCUT2D eigenvalue weighted by molar-refractivity contribution is 6.30. The molecule has 30 heavy (non-hydrogen) atoms. The van der Waals surface area contributed by atoms with E-state index in [0.717, 1.165) is 4.57 Å². The van der Waals surface area contributed by atoms with E-state index in [-0.39, 0.29) is 17.9 Å². The van der Waals surface area contributed by atoms with E-state index in [9.17, 15) is 14.4 Å². The molecule has 2 amide bonds. The van der Waals surface area contributed by atoms with Gasteiger partial charge in [0.25, 0.3) is 11.5 Å². The van der Waals surface area contributed by atoms with Crippen molar-refractivity contribution in [3.8, 4) is 17.1 Å². The molecule has 2 aromatic carbocycles. The first kappa shape index (κ1) is 21.1. The number of nitrogens with zero attached hydrogens (tertiary/aromatic N) is 2. The molecular weight excluding hydrogens is 408 g/mol. The number of para-hydroxylation sites is 2. The monoisotopic (exact) mass is 426 g/mol. The van der Waals surface area contributed by atoms with Crippen molar-refractivity contribution < 1.29 is 14.3 Å². The number of rotatable bonds is 6. The molecule has 1 heterocycles. The van der Waals surface area contributed by atoms with E-state index in [1.54, 1.807) is 48.5 Å². The number of halogens is 1. The van der Waals surface area contributed by atoms with Crippen LogP contribution in [-0.4, -0.2) is 35.5 Å². The highest BCUT2D eigenvalue weighted by Gasteiger charge is 2.19. The van der Waals surface area contributed by atoms with E-state index in [1.807, 2.05) is 0 Å². The Morgan fingerprint density at radius 1 is 1.13 bits per heavy atom. The molecule has 0 bridgehead atoms. The van der Waals surface area contributed by atoms with Crippen LogP contribution in [0.3, 0.4) is 0 Å². The van der Waals surface area contributed by atoms with Crippen molar-refractivity contribution in [1.29, 1.82) is 0 Å². The molecule has 0 unspecified atom stereocenters. The summed E-state index contributed by atoms with van der Waals surface area (Å²) in [6, 6.07) is 13.6. The van der Waals surface area contributed by atoms with Crippen molar-refractivity contribution in [2.45, 2.75) is 6.54 Å². The third-order valence-corrected chi connectivity index (χ3v) is 4.56. The lowest BCUT2D eigenvalue weighted by Gasteiger charge is -2.14. The Bertz CT molecular complexity index is 1140. The van der Waals surface area contributed by atoms with Gasteiger partial charge in [-0.25, -0.2) is 4.98 Å².